The summed E-state index contributed by atoms with van der Waals surface area (Å²) in [5.74, 6) is -0.189. The molecule has 3 aromatic carbocycles. The smallest absolute Gasteiger partial charge is 0.286 e. The molecule has 6 aromatic heterocycles. The molecule has 0 unspecified atom stereocenters. The molecule has 17 nitrogen and oxygen atoms in total. The zero-order valence-corrected chi connectivity index (χ0v) is 64.5. The van der Waals surface area contributed by atoms with E-state index in [-0.39, 0.29) is 37.0 Å². The SMILES string of the molecule is C[C@@H](NC(=O)c1nn(-c2ccc(Cl)cc2Cl)c2c1COC/C2=C\c1ccc(Cl)s1)C1CCCCC1.O=C(NN1CCCCC1)c1nn(-c2ccc(Cl)cc2Cl)c2c1COC/C2=C\c1ccc(Cl)s1.O=C(NN1CCCCCC1)c1nn(-c2ccc(Cl)cc2Cl)c2c1COC/C2=C\c1ccc(Cl)s1. The summed E-state index contributed by atoms with van der Waals surface area (Å²) in [5.41, 5.74) is 16.4. The Labute approximate surface area is 648 Å². The van der Waals surface area contributed by atoms with E-state index in [1.165, 1.54) is 72.5 Å². The van der Waals surface area contributed by atoms with E-state index in [4.69, 9.17) is 134 Å². The molecule has 534 valence electrons. The average Bonchev–Trinajstić information content (AvgIpc) is 1.61. The van der Waals surface area contributed by atoms with Gasteiger partial charge in [-0.05, 0) is 161 Å². The first kappa shape index (κ1) is 74.7. The second-order valence-electron chi connectivity index (χ2n) is 25.5. The van der Waals surface area contributed by atoms with Gasteiger partial charge in [-0.1, -0.05) is 143 Å². The number of hydrogen-bond acceptors (Lipinski definition) is 14. The number of benzene rings is 3. The number of rotatable bonds is 13. The largest absolute Gasteiger partial charge is 0.372 e. The number of halogens is 9. The minimum Gasteiger partial charge on any atom is -0.372 e. The maximum atomic E-state index is 13.5. The van der Waals surface area contributed by atoms with Gasteiger partial charge in [0.05, 0.1) is 102 Å². The van der Waals surface area contributed by atoms with Gasteiger partial charge >= 0.3 is 0 Å². The predicted molar refractivity (Wildman–Crippen MR) is 415 cm³/mol. The number of nitrogens with one attached hydrogen (secondary N) is 3. The average molecular weight is 1610 g/mol. The summed E-state index contributed by atoms with van der Waals surface area (Å²) in [6.07, 6.45) is 19.9. The van der Waals surface area contributed by atoms with Crippen LogP contribution in [-0.2, 0) is 34.0 Å². The van der Waals surface area contributed by atoms with Crippen LogP contribution < -0.4 is 16.2 Å². The predicted octanol–water partition coefficient (Wildman–Crippen LogP) is 20.2. The zero-order chi connectivity index (χ0) is 71.1. The number of amides is 3. The normalized spacial score (nSPS) is 18.1. The molecule has 1 atom stereocenters. The lowest BCUT2D eigenvalue weighted by Gasteiger charge is -2.28. The molecule has 0 spiro atoms. The molecule has 5 aliphatic heterocycles. The van der Waals surface area contributed by atoms with Crippen molar-refractivity contribution in [2.75, 3.05) is 46.0 Å². The Kier molecular flexibility index (Phi) is 25.1. The van der Waals surface area contributed by atoms with E-state index in [0.29, 0.717) is 110 Å². The Morgan fingerprint density at radius 3 is 1.08 bits per heavy atom. The summed E-state index contributed by atoms with van der Waals surface area (Å²) < 4.78 is 25.0. The summed E-state index contributed by atoms with van der Waals surface area (Å²) in [7, 11) is 0. The van der Waals surface area contributed by atoms with Crippen molar-refractivity contribution in [3.63, 3.8) is 0 Å². The number of fused-ring (bicyclic) bond motifs is 3. The van der Waals surface area contributed by atoms with Crippen molar-refractivity contribution >= 4 is 191 Å². The molecule has 29 heteroatoms. The highest BCUT2D eigenvalue weighted by Gasteiger charge is 2.35. The Hall–Kier alpha value is -5.57. The summed E-state index contributed by atoms with van der Waals surface area (Å²) in [5, 5.41) is 24.3. The molecule has 11 heterocycles. The third-order valence-corrected chi connectivity index (χ3v) is 23.5. The van der Waals surface area contributed by atoms with Crippen LogP contribution in [0.2, 0.25) is 43.1 Å². The number of carbonyl (C=O) groups is 3. The van der Waals surface area contributed by atoms with Gasteiger partial charge in [0.1, 0.15) is 0 Å². The molecule has 9 aromatic rings. The topological polar surface area (TPSA) is 175 Å². The second-order valence-corrected chi connectivity index (χ2v) is 33.2. The molecule has 1 saturated carbocycles. The van der Waals surface area contributed by atoms with Crippen molar-refractivity contribution < 1.29 is 28.6 Å². The highest BCUT2D eigenvalue weighted by atomic mass is 35.5. The standard InChI is InChI=1S/C26H26Cl3N3O2S.C24H23Cl3N4O2S.C23H21Cl3N4O2S/c1-15(16-5-3-2-4-6-16)30-26(33)24-20-14-34-13-17(11-19-8-10-23(29)35-19)25(20)32(31-24)22-9-7-18(27)12-21(22)28;25-16-5-7-20(19(26)12-16)31-23-15(11-17-6-8-21(27)34-17)13-33-14-18(23)22(28-31)24(32)29-30-9-3-1-2-4-10-30;24-15-4-6-19(18(25)11-15)30-22-14(10-16-5-7-20(26)33-16)12-32-13-17(22)21(27-30)23(31)28-29-8-2-1-3-9-29/h7-12,15-16H,2-6,13-14H2,1H3,(H,30,33);5-8,11-12H,1-4,9-10,13-14H2,(H,29,32);4-7,10-11H,1-3,8-9,12-13H2,(H,28,31)/b17-11+;15-11+;14-10+/t15-;;/m1../s1. The lowest BCUT2D eigenvalue weighted by molar-refractivity contribution is 0.0736. The first-order valence-electron chi connectivity index (χ1n) is 33.7. The van der Waals surface area contributed by atoms with Gasteiger partial charge in [0.25, 0.3) is 17.7 Å². The van der Waals surface area contributed by atoms with E-state index < -0.39 is 0 Å². The van der Waals surface area contributed by atoms with Crippen molar-refractivity contribution in [1.82, 2.24) is 55.5 Å². The monoisotopic (exact) mass is 1610 g/mol. The molecule has 3 N–H and O–H groups in total. The van der Waals surface area contributed by atoms with Crippen LogP contribution in [-0.4, -0.2) is 109 Å². The third kappa shape index (κ3) is 17.8. The summed E-state index contributed by atoms with van der Waals surface area (Å²) >= 11 is 61.0. The number of hydrazine groups is 2. The minimum absolute atomic E-state index is 0.0792. The number of aromatic nitrogens is 6. The molecular weight excluding hydrogens is 1540 g/mol. The Morgan fingerprint density at radius 1 is 0.431 bits per heavy atom. The number of ether oxygens (including phenoxy) is 3. The van der Waals surface area contributed by atoms with Crippen molar-refractivity contribution in [2.45, 2.75) is 110 Å². The summed E-state index contributed by atoms with van der Waals surface area (Å²) in [6.45, 7) is 7.43. The molecule has 0 radical (unpaired) electrons. The van der Waals surface area contributed by atoms with Crippen molar-refractivity contribution in [3.8, 4) is 17.1 Å². The van der Waals surface area contributed by atoms with E-state index in [1.54, 1.807) is 56.5 Å². The lowest BCUT2D eigenvalue weighted by atomic mass is 9.84. The van der Waals surface area contributed by atoms with E-state index in [0.717, 1.165) is 130 Å². The second kappa shape index (κ2) is 34.3. The number of hydrogen-bond donors (Lipinski definition) is 3. The van der Waals surface area contributed by atoms with Crippen molar-refractivity contribution in [2.24, 2.45) is 5.92 Å². The van der Waals surface area contributed by atoms with E-state index in [2.05, 4.69) is 23.1 Å². The molecular formula is C73H70Cl9N11O6S3. The van der Waals surface area contributed by atoms with Gasteiger partial charge in [0.2, 0.25) is 0 Å². The molecule has 0 bridgehead atoms. The summed E-state index contributed by atoms with van der Waals surface area (Å²) in [4.78, 5) is 43.1. The summed E-state index contributed by atoms with van der Waals surface area (Å²) in [6, 6.07) is 27.3. The highest BCUT2D eigenvalue weighted by Crippen LogP contribution is 2.41. The van der Waals surface area contributed by atoms with Crippen molar-refractivity contribution in [1.29, 1.82) is 0 Å². The quantitative estimate of drug-likeness (QED) is 0.100. The van der Waals surface area contributed by atoms with Crippen LogP contribution >= 0.6 is 138 Å². The fraction of sp³-hybridized carbons (Fsp3) is 0.342. The molecule has 15 rings (SSSR count). The Balaban J connectivity index is 0.000000137. The van der Waals surface area contributed by atoms with E-state index >= 15 is 0 Å². The fourth-order valence-electron chi connectivity index (χ4n) is 13.4. The van der Waals surface area contributed by atoms with Gasteiger partial charge in [0.15, 0.2) is 17.1 Å². The van der Waals surface area contributed by atoms with Gasteiger partial charge < -0.3 is 19.5 Å². The van der Waals surface area contributed by atoms with Crippen LogP contribution in [0.1, 0.15) is 164 Å². The first-order chi connectivity index (χ1) is 49.4. The number of thiophene rings is 3. The van der Waals surface area contributed by atoms with Crippen LogP contribution in [0.5, 0.6) is 0 Å². The maximum absolute atomic E-state index is 13.5. The van der Waals surface area contributed by atoms with Gasteiger partial charge in [-0.2, -0.15) is 15.3 Å². The number of nitrogens with zero attached hydrogens (tertiary/aromatic N) is 8. The van der Waals surface area contributed by atoms with Gasteiger partial charge in [-0.3, -0.25) is 25.2 Å². The highest BCUT2D eigenvalue weighted by molar-refractivity contribution is 7.17. The first-order valence-corrected chi connectivity index (χ1v) is 39.5. The molecule has 6 aliphatic rings. The van der Waals surface area contributed by atoms with E-state index in [9.17, 15) is 14.4 Å². The van der Waals surface area contributed by atoms with Crippen LogP contribution in [0.4, 0.5) is 0 Å². The Morgan fingerprint density at radius 2 is 0.755 bits per heavy atom. The van der Waals surface area contributed by atoms with Crippen molar-refractivity contribution in [3.05, 3.63) is 200 Å². The maximum Gasteiger partial charge on any atom is 0.286 e. The minimum atomic E-state index is -0.249. The van der Waals surface area contributed by atoms with Crippen LogP contribution in [0.3, 0.4) is 0 Å². The zero-order valence-electron chi connectivity index (χ0n) is 55.3. The molecule has 3 amide bonds. The molecule has 102 heavy (non-hydrogen) atoms. The molecule has 2 saturated heterocycles. The van der Waals surface area contributed by atoms with Gasteiger partial charge in [0, 0.05) is 95.3 Å². The fourth-order valence-corrected chi connectivity index (χ4v) is 18.0. The van der Waals surface area contributed by atoms with Crippen LogP contribution in [0.25, 0.3) is 52.0 Å². The molecule has 1 aliphatic carbocycles. The van der Waals surface area contributed by atoms with Gasteiger partial charge in [-0.15, -0.1) is 34.0 Å². The number of carbonyl (C=O) groups excluding carboxylic acids is 3. The van der Waals surface area contributed by atoms with Gasteiger partial charge in [-0.25, -0.2) is 24.1 Å². The molecule has 3 fully saturated rings. The number of piperidine rings is 1. The Bertz CT molecular complexity index is 4670. The third-order valence-electron chi connectivity index (χ3n) is 18.4. The van der Waals surface area contributed by atoms with Crippen LogP contribution in [0, 0.1) is 5.92 Å². The van der Waals surface area contributed by atoms with Crippen LogP contribution in [0.15, 0.2) is 91.0 Å². The lowest BCUT2D eigenvalue weighted by Crippen LogP contribution is -2.45. The van der Waals surface area contributed by atoms with E-state index in [1.807, 2.05) is 76.8 Å².